The monoisotopic (exact) mass is 166 g/mol. The Morgan fingerprint density at radius 2 is 2.00 bits per heavy atom. The highest BCUT2D eigenvalue weighted by molar-refractivity contribution is 5.89. The van der Waals surface area contributed by atoms with Gasteiger partial charge in [-0.1, -0.05) is 18.2 Å². The van der Waals surface area contributed by atoms with Crippen LogP contribution in [-0.2, 0) is 9.47 Å². The third kappa shape index (κ3) is 2.36. The van der Waals surface area contributed by atoms with Crippen molar-refractivity contribution in [1.29, 1.82) is 0 Å². The van der Waals surface area contributed by atoms with Gasteiger partial charge in [-0.05, 0) is 12.1 Å². The molecule has 64 valence electrons. The van der Waals surface area contributed by atoms with E-state index in [-0.39, 0.29) is 12.8 Å². The first-order valence-corrected chi connectivity index (χ1v) is 3.55. The van der Waals surface area contributed by atoms with E-state index in [1.54, 1.807) is 24.3 Å². The molecule has 0 heterocycles. The highest BCUT2D eigenvalue weighted by Gasteiger charge is 2.03. The predicted molar refractivity (Wildman–Crippen MR) is 43.7 cm³/mol. The van der Waals surface area contributed by atoms with E-state index in [1.165, 1.54) is 7.11 Å². The van der Waals surface area contributed by atoms with Crippen LogP contribution in [0.5, 0.6) is 0 Å². The molecule has 0 atom stereocenters. The van der Waals surface area contributed by atoms with E-state index < -0.39 is 0 Å². The average molecular weight is 166 g/mol. The second-order valence-electron chi connectivity index (χ2n) is 2.20. The van der Waals surface area contributed by atoms with Crippen LogP contribution in [0, 0.1) is 0 Å². The van der Waals surface area contributed by atoms with E-state index >= 15 is 0 Å². The predicted octanol–water partition coefficient (Wildman–Crippen LogP) is 1.45. The molecule has 12 heavy (non-hydrogen) atoms. The lowest BCUT2D eigenvalue weighted by Crippen LogP contribution is -2.06. The van der Waals surface area contributed by atoms with Crippen LogP contribution in [0.25, 0.3) is 0 Å². The summed E-state index contributed by atoms with van der Waals surface area (Å²) in [6.45, 7) is -0.00622. The minimum Gasteiger partial charge on any atom is -0.435 e. The molecule has 0 aliphatic heterocycles. The summed E-state index contributed by atoms with van der Waals surface area (Å²) in [5, 5.41) is 0. The topological polar surface area (TPSA) is 35.5 Å². The molecule has 0 amide bonds. The molecule has 0 saturated carbocycles. The molecule has 3 nitrogen and oxygen atoms in total. The van der Waals surface area contributed by atoms with Crippen molar-refractivity contribution in [2.24, 2.45) is 0 Å². The van der Waals surface area contributed by atoms with Crippen LogP contribution in [0.3, 0.4) is 0 Å². The Hall–Kier alpha value is -1.35. The fourth-order valence-electron chi connectivity index (χ4n) is 0.770. The van der Waals surface area contributed by atoms with Crippen LogP contribution in [0.15, 0.2) is 30.3 Å². The lowest BCUT2D eigenvalue weighted by Gasteiger charge is -2.01. The number of methoxy groups -OCH3 is 1. The SMILES string of the molecule is COCOC(=O)c1ccccc1. The third-order valence-corrected chi connectivity index (χ3v) is 1.32. The van der Waals surface area contributed by atoms with Crippen molar-refractivity contribution in [2.45, 2.75) is 0 Å². The summed E-state index contributed by atoms with van der Waals surface area (Å²) in [4.78, 5) is 11.1. The van der Waals surface area contributed by atoms with Gasteiger partial charge in [0, 0.05) is 7.11 Å². The Bertz CT molecular complexity index is 243. The van der Waals surface area contributed by atoms with Gasteiger partial charge in [-0.25, -0.2) is 4.79 Å². The zero-order valence-corrected chi connectivity index (χ0v) is 6.82. The molecule has 0 aliphatic rings. The molecule has 1 aromatic carbocycles. The number of hydrogen-bond donors (Lipinski definition) is 0. The Kier molecular flexibility index (Phi) is 3.29. The van der Waals surface area contributed by atoms with Crippen LogP contribution in [0.4, 0.5) is 0 Å². The Labute approximate surface area is 70.9 Å². The van der Waals surface area contributed by atoms with Crippen molar-refractivity contribution in [3.63, 3.8) is 0 Å². The second-order valence-corrected chi connectivity index (χ2v) is 2.20. The van der Waals surface area contributed by atoms with Gasteiger partial charge in [0.1, 0.15) is 0 Å². The van der Waals surface area contributed by atoms with Gasteiger partial charge >= 0.3 is 5.97 Å². The molecule has 0 N–H and O–H groups in total. The number of rotatable bonds is 3. The standard InChI is InChI=1S/C9H10O3/c1-11-7-12-9(10)8-5-3-2-4-6-8/h2-6H,7H2,1H3. The maximum Gasteiger partial charge on any atom is 0.340 e. The zero-order valence-electron chi connectivity index (χ0n) is 6.82. The van der Waals surface area contributed by atoms with Crippen molar-refractivity contribution in [3.8, 4) is 0 Å². The molecule has 0 radical (unpaired) electrons. The maximum atomic E-state index is 11.1. The summed E-state index contributed by atoms with van der Waals surface area (Å²) in [5.74, 6) is -0.363. The first kappa shape index (κ1) is 8.74. The largest absolute Gasteiger partial charge is 0.435 e. The molecule has 0 aromatic heterocycles. The number of carbonyl (C=O) groups is 1. The normalized spacial score (nSPS) is 9.42. The number of ether oxygens (including phenoxy) is 2. The van der Waals surface area contributed by atoms with E-state index in [0.29, 0.717) is 5.56 Å². The Balaban J connectivity index is 2.54. The van der Waals surface area contributed by atoms with Crippen LogP contribution in [0.2, 0.25) is 0 Å². The molecule has 0 fully saturated rings. The van der Waals surface area contributed by atoms with Gasteiger partial charge in [0.15, 0.2) is 6.79 Å². The molecule has 1 aromatic rings. The Morgan fingerprint density at radius 1 is 1.33 bits per heavy atom. The molecule has 0 spiro atoms. The fourth-order valence-corrected chi connectivity index (χ4v) is 0.770. The van der Waals surface area contributed by atoms with E-state index in [9.17, 15) is 4.79 Å². The molecular weight excluding hydrogens is 156 g/mol. The maximum absolute atomic E-state index is 11.1. The molecule has 0 unspecified atom stereocenters. The molecule has 1 rings (SSSR count). The number of benzene rings is 1. The van der Waals surface area contributed by atoms with Crippen molar-refractivity contribution >= 4 is 5.97 Å². The van der Waals surface area contributed by atoms with E-state index in [4.69, 9.17) is 4.74 Å². The van der Waals surface area contributed by atoms with Crippen LogP contribution in [-0.4, -0.2) is 19.9 Å². The molecule has 3 heteroatoms. The number of hydrogen-bond acceptors (Lipinski definition) is 3. The molecule has 0 bridgehead atoms. The third-order valence-electron chi connectivity index (χ3n) is 1.32. The average Bonchev–Trinajstić information content (AvgIpc) is 2.15. The lowest BCUT2D eigenvalue weighted by atomic mass is 10.2. The van der Waals surface area contributed by atoms with E-state index in [2.05, 4.69) is 4.74 Å². The van der Waals surface area contributed by atoms with E-state index in [0.717, 1.165) is 0 Å². The smallest absolute Gasteiger partial charge is 0.340 e. The summed E-state index contributed by atoms with van der Waals surface area (Å²) in [6.07, 6.45) is 0. The van der Waals surface area contributed by atoms with Gasteiger partial charge in [0.25, 0.3) is 0 Å². The summed E-state index contributed by atoms with van der Waals surface area (Å²) >= 11 is 0. The summed E-state index contributed by atoms with van der Waals surface area (Å²) in [5.41, 5.74) is 0.537. The summed E-state index contributed by atoms with van der Waals surface area (Å²) < 4.78 is 9.31. The number of esters is 1. The van der Waals surface area contributed by atoms with Gasteiger partial charge in [-0.15, -0.1) is 0 Å². The van der Waals surface area contributed by atoms with Gasteiger partial charge in [-0.3, -0.25) is 0 Å². The molecule has 0 saturated heterocycles. The molecular formula is C9H10O3. The highest BCUT2D eigenvalue weighted by Crippen LogP contribution is 2.00. The minimum atomic E-state index is -0.363. The van der Waals surface area contributed by atoms with Crippen molar-refractivity contribution in [1.82, 2.24) is 0 Å². The van der Waals surface area contributed by atoms with Crippen LogP contribution in [0.1, 0.15) is 10.4 Å². The lowest BCUT2D eigenvalue weighted by molar-refractivity contribution is -0.0125. The van der Waals surface area contributed by atoms with E-state index in [1.807, 2.05) is 6.07 Å². The highest BCUT2D eigenvalue weighted by atomic mass is 16.7. The second kappa shape index (κ2) is 4.51. The zero-order chi connectivity index (χ0) is 8.81. The van der Waals surface area contributed by atoms with Crippen molar-refractivity contribution < 1.29 is 14.3 Å². The van der Waals surface area contributed by atoms with Gasteiger partial charge in [0.05, 0.1) is 5.56 Å². The summed E-state index contributed by atoms with van der Waals surface area (Å²) in [7, 11) is 1.47. The first-order chi connectivity index (χ1) is 5.84. The van der Waals surface area contributed by atoms with Crippen LogP contribution < -0.4 is 0 Å². The van der Waals surface area contributed by atoms with Crippen molar-refractivity contribution in [2.75, 3.05) is 13.9 Å². The fraction of sp³-hybridized carbons (Fsp3) is 0.222. The minimum absolute atomic E-state index is 0.00622. The first-order valence-electron chi connectivity index (χ1n) is 3.55. The molecule has 0 aliphatic carbocycles. The van der Waals surface area contributed by atoms with Gasteiger partial charge in [-0.2, -0.15) is 0 Å². The number of carbonyl (C=O) groups excluding carboxylic acids is 1. The van der Waals surface area contributed by atoms with Crippen molar-refractivity contribution in [3.05, 3.63) is 35.9 Å². The van der Waals surface area contributed by atoms with Gasteiger partial charge < -0.3 is 9.47 Å². The van der Waals surface area contributed by atoms with Gasteiger partial charge in [0.2, 0.25) is 0 Å². The Morgan fingerprint density at radius 3 is 2.58 bits per heavy atom. The summed E-state index contributed by atoms with van der Waals surface area (Å²) in [6, 6.07) is 8.79. The quantitative estimate of drug-likeness (QED) is 0.503. The van der Waals surface area contributed by atoms with Crippen LogP contribution >= 0.6 is 0 Å².